The van der Waals surface area contributed by atoms with Gasteiger partial charge in [-0.15, -0.1) is 11.8 Å². The van der Waals surface area contributed by atoms with E-state index in [-0.39, 0.29) is 0 Å². The normalized spacial score (nSPS) is 11.5. The highest BCUT2D eigenvalue weighted by Crippen LogP contribution is 2.16. The van der Waals surface area contributed by atoms with E-state index in [1.165, 1.54) is 4.91 Å². The van der Waals surface area contributed by atoms with Crippen LogP contribution >= 0.6 is 11.8 Å². The predicted octanol–water partition coefficient (Wildman–Crippen LogP) is 3.57. The van der Waals surface area contributed by atoms with Gasteiger partial charge in [0.25, 0.3) is 0 Å². The zero-order valence-corrected chi connectivity index (χ0v) is 10.2. The van der Waals surface area contributed by atoms with Crippen LogP contribution < -0.4 is 5.32 Å². The largest absolute Gasteiger partial charge is 0.387 e. The molecule has 1 N–H and O–H groups in total. The van der Waals surface area contributed by atoms with Crippen LogP contribution in [0.15, 0.2) is 35.4 Å². The molecule has 0 bridgehead atoms. The Kier molecular flexibility index (Phi) is 13.0. The fourth-order valence-corrected chi connectivity index (χ4v) is 1.42. The van der Waals surface area contributed by atoms with Crippen molar-refractivity contribution in [1.82, 2.24) is 5.32 Å². The Labute approximate surface area is 87.0 Å². The van der Waals surface area contributed by atoms with Crippen LogP contribution in [-0.2, 0) is 0 Å². The van der Waals surface area contributed by atoms with E-state index in [4.69, 9.17) is 0 Å². The summed E-state index contributed by atoms with van der Waals surface area (Å²) >= 11 is 1.71. The second-order valence-electron chi connectivity index (χ2n) is 1.94. The lowest BCUT2D eigenvalue weighted by atomic mass is 10.3. The summed E-state index contributed by atoms with van der Waals surface area (Å²) < 4.78 is 0. The number of nitrogens with one attached hydrogen (secondary N) is 1. The minimum atomic E-state index is 1.08. The molecule has 0 spiro atoms. The first kappa shape index (κ1) is 14.9. The maximum Gasteiger partial charge on any atom is 0.0469 e. The highest BCUT2D eigenvalue weighted by Gasteiger charge is 1.94. The first-order chi connectivity index (χ1) is 6.29. The standard InChI is InChI=1S/C9H15NS.C2H6/c1-5-7-9(11-4)8(6-2)10-3;1-2/h5-7,10H,2H2,1,3-4H3;1-2H3/b7-5-,9-8-;. The van der Waals surface area contributed by atoms with Crippen molar-refractivity contribution in [3.05, 3.63) is 35.4 Å². The molecule has 0 fully saturated rings. The van der Waals surface area contributed by atoms with Crippen molar-refractivity contribution in [3.8, 4) is 0 Å². The second kappa shape index (κ2) is 11.4. The third-order valence-corrected chi connectivity index (χ3v) is 2.07. The molecule has 1 nitrogen and oxygen atoms in total. The van der Waals surface area contributed by atoms with Gasteiger partial charge in [0, 0.05) is 17.6 Å². The third-order valence-electron chi connectivity index (χ3n) is 1.28. The minimum absolute atomic E-state index is 1.08. The van der Waals surface area contributed by atoms with Crippen LogP contribution in [-0.4, -0.2) is 13.3 Å². The first-order valence-corrected chi connectivity index (χ1v) is 5.73. The summed E-state index contributed by atoms with van der Waals surface area (Å²) in [7, 11) is 1.90. The molecule has 0 aromatic heterocycles. The zero-order chi connectivity index (χ0) is 10.7. The number of thioether (sulfide) groups is 1. The molecule has 0 aliphatic rings. The molecule has 2 heteroatoms. The van der Waals surface area contributed by atoms with Gasteiger partial charge in [0.2, 0.25) is 0 Å². The highest BCUT2D eigenvalue weighted by molar-refractivity contribution is 8.02. The van der Waals surface area contributed by atoms with Gasteiger partial charge >= 0.3 is 0 Å². The molecule has 0 saturated carbocycles. The third kappa shape index (κ3) is 6.52. The van der Waals surface area contributed by atoms with E-state index < -0.39 is 0 Å². The number of hydrogen-bond acceptors (Lipinski definition) is 2. The van der Waals surface area contributed by atoms with Crippen LogP contribution in [0.1, 0.15) is 20.8 Å². The van der Waals surface area contributed by atoms with Crippen molar-refractivity contribution < 1.29 is 0 Å². The Morgan fingerprint density at radius 2 is 1.92 bits per heavy atom. The highest BCUT2D eigenvalue weighted by atomic mass is 32.2. The summed E-state index contributed by atoms with van der Waals surface area (Å²) in [5.41, 5.74) is 1.08. The molecule has 0 aliphatic carbocycles. The summed E-state index contributed by atoms with van der Waals surface area (Å²) in [4.78, 5) is 1.21. The van der Waals surface area contributed by atoms with E-state index in [1.54, 1.807) is 11.8 Å². The van der Waals surface area contributed by atoms with Gasteiger partial charge in [0.1, 0.15) is 0 Å². The molecule has 0 aromatic rings. The van der Waals surface area contributed by atoms with Crippen LogP contribution in [0.3, 0.4) is 0 Å². The molecule has 0 aromatic carbocycles. The number of hydrogen-bond donors (Lipinski definition) is 1. The summed E-state index contributed by atoms with van der Waals surface area (Å²) in [6, 6.07) is 0. The van der Waals surface area contributed by atoms with Crippen molar-refractivity contribution >= 4 is 11.8 Å². The molecule has 0 atom stereocenters. The van der Waals surface area contributed by atoms with Crippen molar-refractivity contribution in [2.75, 3.05) is 13.3 Å². The van der Waals surface area contributed by atoms with Crippen LogP contribution in [0.4, 0.5) is 0 Å². The Bertz CT molecular complexity index is 181. The molecular weight excluding hydrogens is 178 g/mol. The monoisotopic (exact) mass is 199 g/mol. The minimum Gasteiger partial charge on any atom is -0.387 e. The van der Waals surface area contributed by atoms with Crippen molar-refractivity contribution in [3.63, 3.8) is 0 Å². The van der Waals surface area contributed by atoms with Gasteiger partial charge in [-0.25, -0.2) is 0 Å². The molecule has 76 valence electrons. The van der Waals surface area contributed by atoms with E-state index in [2.05, 4.69) is 24.2 Å². The number of allylic oxidation sites excluding steroid dienone is 3. The summed E-state index contributed by atoms with van der Waals surface area (Å²) in [5.74, 6) is 0. The number of likely N-dealkylation sites (N-methyl/N-ethyl adjacent to an activating group) is 1. The van der Waals surface area contributed by atoms with E-state index in [0.29, 0.717) is 0 Å². The fourth-order valence-electron chi connectivity index (χ4n) is 0.745. The van der Waals surface area contributed by atoms with Crippen LogP contribution in [0.25, 0.3) is 0 Å². The topological polar surface area (TPSA) is 12.0 Å². The van der Waals surface area contributed by atoms with E-state index in [9.17, 15) is 0 Å². The zero-order valence-electron chi connectivity index (χ0n) is 9.35. The molecule has 0 unspecified atom stereocenters. The fraction of sp³-hybridized carbons (Fsp3) is 0.455. The van der Waals surface area contributed by atoms with Crippen LogP contribution in [0, 0.1) is 0 Å². The molecule has 0 heterocycles. The van der Waals surface area contributed by atoms with Crippen molar-refractivity contribution in [2.45, 2.75) is 20.8 Å². The van der Waals surface area contributed by atoms with Gasteiger partial charge in [-0.3, -0.25) is 0 Å². The van der Waals surface area contributed by atoms with Gasteiger partial charge in [0.15, 0.2) is 0 Å². The molecular formula is C11H21NS. The van der Waals surface area contributed by atoms with Gasteiger partial charge < -0.3 is 5.32 Å². The van der Waals surface area contributed by atoms with Gasteiger partial charge in [-0.1, -0.05) is 32.6 Å². The maximum atomic E-state index is 3.72. The lowest BCUT2D eigenvalue weighted by molar-refractivity contribution is 1.03. The summed E-state index contributed by atoms with van der Waals surface area (Å²) in [5, 5.41) is 3.08. The quantitative estimate of drug-likeness (QED) is 0.695. The lowest BCUT2D eigenvalue weighted by Crippen LogP contribution is -2.04. The summed E-state index contributed by atoms with van der Waals surface area (Å²) in [6.45, 7) is 9.72. The molecule has 0 rings (SSSR count). The van der Waals surface area contributed by atoms with E-state index >= 15 is 0 Å². The van der Waals surface area contributed by atoms with Gasteiger partial charge in [-0.2, -0.15) is 0 Å². The Hall–Kier alpha value is -0.630. The number of rotatable bonds is 4. The molecule has 0 aliphatic heterocycles. The predicted molar refractivity (Wildman–Crippen MR) is 66.0 cm³/mol. The van der Waals surface area contributed by atoms with Gasteiger partial charge in [0.05, 0.1) is 0 Å². The summed E-state index contributed by atoms with van der Waals surface area (Å²) in [6.07, 6.45) is 7.97. The Balaban J connectivity index is 0. The average molecular weight is 199 g/mol. The van der Waals surface area contributed by atoms with Gasteiger partial charge in [-0.05, 0) is 19.3 Å². The second-order valence-corrected chi connectivity index (χ2v) is 2.78. The maximum absolute atomic E-state index is 3.72. The Morgan fingerprint density at radius 1 is 1.38 bits per heavy atom. The molecule has 0 saturated heterocycles. The van der Waals surface area contributed by atoms with E-state index in [1.807, 2.05) is 40.0 Å². The van der Waals surface area contributed by atoms with Crippen LogP contribution in [0.2, 0.25) is 0 Å². The lowest BCUT2D eigenvalue weighted by Gasteiger charge is -2.04. The molecule has 0 amide bonds. The first-order valence-electron chi connectivity index (χ1n) is 4.51. The van der Waals surface area contributed by atoms with Crippen molar-refractivity contribution in [1.29, 1.82) is 0 Å². The SMILES string of the molecule is C=C/C(NC)=C(\C=C/C)SC.CC. The van der Waals surface area contributed by atoms with E-state index in [0.717, 1.165) is 5.70 Å². The molecule has 13 heavy (non-hydrogen) atoms. The molecule has 0 radical (unpaired) electrons. The Morgan fingerprint density at radius 3 is 2.15 bits per heavy atom. The smallest absolute Gasteiger partial charge is 0.0469 e. The van der Waals surface area contributed by atoms with Crippen molar-refractivity contribution in [2.24, 2.45) is 0 Å². The average Bonchev–Trinajstić information content (AvgIpc) is 2.21. The van der Waals surface area contributed by atoms with Crippen LogP contribution in [0.5, 0.6) is 0 Å².